The lowest BCUT2D eigenvalue weighted by molar-refractivity contribution is 0.270. The zero-order valence-corrected chi connectivity index (χ0v) is 28.2. The fraction of sp³-hybridized carbons (Fsp3) is 0.171. The summed E-state index contributed by atoms with van der Waals surface area (Å²) in [6.45, 7) is 9.47. The van der Waals surface area contributed by atoms with Crippen LogP contribution in [0.25, 0.3) is 5.57 Å². The third-order valence-corrected chi connectivity index (χ3v) is 9.49. The zero-order chi connectivity index (χ0) is 37.8. The first-order valence-corrected chi connectivity index (χ1v) is 15.7. The van der Waals surface area contributed by atoms with Crippen LogP contribution in [0.1, 0.15) is 49.4 Å². The Morgan fingerprint density at radius 2 is 1.35 bits per heavy atom. The van der Waals surface area contributed by atoms with E-state index >= 15 is 0 Å². The van der Waals surface area contributed by atoms with E-state index in [1.807, 2.05) is 5.92 Å². The molecular weight excluding hydrogens is 652 g/mol. The Hall–Kier alpha value is -6.60. The summed E-state index contributed by atoms with van der Waals surface area (Å²) in [7, 11) is 0. The van der Waals surface area contributed by atoms with E-state index in [0.29, 0.717) is 22.3 Å². The lowest BCUT2D eigenvalue weighted by Crippen LogP contribution is -2.33. The predicted molar refractivity (Wildman–Crippen MR) is 195 cm³/mol. The van der Waals surface area contributed by atoms with Gasteiger partial charge in [-0.15, -0.1) is 6.42 Å². The molecule has 0 radical (unpaired) electrons. The summed E-state index contributed by atoms with van der Waals surface area (Å²) >= 11 is 0. The Morgan fingerprint density at radius 1 is 0.784 bits per heavy atom. The van der Waals surface area contributed by atoms with E-state index in [-0.39, 0.29) is 29.1 Å². The first-order chi connectivity index (χ1) is 24.0. The average molecular weight is 693 g/mol. The van der Waals surface area contributed by atoms with Crippen molar-refractivity contribution in [2.24, 2.45) is 5.92 Å². The molecule has 4 rings (SSSR count). The largest absolute Gasteiger partial charge is 0.508 e. The van der Waals surface area contributed by atoms with E-state index in [9.17, 15) is 51.1 Å². The van der Waals surface area contributed by atoms with Crippen molar-refractivity contribution in [1.29, 1.82) is 0 Å². The normalized spacial score (nSPS) is 17.7. The molecule has 0 spiro atoms. The third-order valence-electron chi connectivity index (χ3n) is 9.49. The minimum absolute atomic E-state index is 0.128. The monoisotopic (exact) mass is 692 g/mol. The molecule has 10 N–H and O–H groups in total. The highest BCUT2D eigenvalue weighted by molar-refractivity contribution is 5.73. The predicted octanol–water partition coefficient (Wildman–Crippen LogP) is 8.12. The number of phenols is 6. The summed E-state index contributed by atoms with van der Waals surface area (Å²) in [5.74, 6) is -4.33. The van der Waals surface area contributed by atoms with Gasteiger partial charge in [-0.05, 0) is 65.8 Å². The summed E-state index contributed by atoms with van der Waals surface area (Å²) in [6, 6.07) is 12.4. The van der Waals surface area contributed by atoms with Gasteiger partial charge in [0.05, 0.1) is 5.92 Å². The molecule has 0 fully saturated rings. The zero-order valence-electron chi connectivity index (χ0n) is 28.2. The Morgan fingerprint density at radius 3 is 1.88 bits per heavy atom. The van der Waals surface area contributed by atoms with Crippen LogP contribution in [-0.4, -0.2) is 51.1 Å². The fourth-order valence-electron chi connectivity index (χ4n) is 6.35. The highest BCUT2D eigenvalue weighted by Gasteiger charge is 2.44. The van der Waals surface area contributed by atoms with Crippen LogP contribution in [0.4, 0.5) is 0 Å². The van der Waals surface area contributed by atoms with Gasteiger partial charge in [0.15, 0.2) is 34.5 Å². The fourth-order valence-corrected chi connectivity index (χ4v) is 6.35. The van der Waals surface area contributed by atoms with Crippen molar-refractivity contribution in [2.45, 2.75) is 38.0 Å². The summed E-state index contributed by atoms with van der Waals surface area (Å²) in [5, 5.41) is 103. The van der Waals surface area contributed by atoms with Crippen molar-refractivity contribution < 1.29 is 51.1 Å². The van der Waals surface area contributed by atoms with Crippen LogP contribution in [-0.2, 0) is 10.8 Å². The Balaban J connectivity index is 1.73. The Labute approximate surface area is 295 Å². The molecule has 0 aliphatic heterocycles. The third kappa shape index (κ3) is 6.82. The van der Waals surface area contributed by atoms with E-state index < -0.39 is 62.8 Å². The minimum atomic E-state index is -1.23. The van der Waals surface area contributed by atoms with Crippen molar-refractivity contribution in [1.82, 2.24) is 0 Å². The molecule has 0 saturated carbocycles. The van der Waals surface area contributed by atoms with Crippen LogP contribution in [0.2, 0.25) is 0 Å². The Kier molecular flexibility index (Phi) is 10.6. The lowest BCUT2D eigenvalue weighted by Gasteiger charge is -2.36. The molecule has 1 aliphatic carbocycles. The number of rotatable bonds is 11. The van der Waals surface area contributed by atoms with Crippen LogP contribution in [0.3, 0.4) is 0 Å². The molecule has 3 aromatic carbocycles. The summed E-state index contributed by atoms with van der Waals surface area (Å²) in [5.41, 5.74) is 0.610. The van der Waals surface area contributed by atoms with Crippen LogP contribution in [0.15, 0.2) is 126 Å². The van der Waals surface area contributed by atoms with Crippen LogP contribution >= 0.6 is 0 Å². The van der Waals surface area contributed by atoms with Crippen molar-refractivity contribution in [3.63, 3.8) is 0 Å². The number of hydrogen-bond acceptors (Lipinski definition) is 10. The number of aliphatic hydroxyl groups is 4. The maximum absolute atomic E-state index is 10.9. The van der Waals surface area contributed by atoms with E-state index in [4.69, 9.17) is 6.42 Å². The van der Waals surface area contributed by atoms with Gasteiger partial charge >= 0.3 is 0 Å². The molecule has 1 aliphatic rings. The second-order valence-corrected chi connectivity index (χ2v) is 12.5. The number of hydrogen-bond donors (Lipinski definition) is 10. The molecule has 0 aromatic heterocycles. The van der Waals surface area contributed by atoms with Gasteiger partial charge in [-0.1, -0.05) is 87.2 Å². The summed E-state index contributed by atoms with van der Waals surface area (Å²) < 4.78 is 0. The second-order valence-electron chi connectivity index (χ2n) is 12.5. The first kappa shape index (κ1) is 37.2. The minimum Gasteiger partial charge on any atom is -0.508 e. The standard InChI is InChI=1S/C41H40O10/c1-6-25(40(4,22-8-9-31(43)30(42)7-2)27-16-19-33(45)38(50)36(27)48)13-10-23(3)24-11-14-26(15-12-24)41(5,28-17-20-32(44)35(28)47)29-18-21-34(46)39(51)37(29)49/h2,6,8-21,28,42-51H,3,22H2,1,4-5H3/b9-8-,13-10-,25-6+,31-30-. The second kappa shape index (κ2) is 14.5. The van der Waals surface area contributed by atoms with Gasteiger partial charge in [-0.2, -0.15) is 0 Å². The molecular formula is C41H40O10. The number of phenolic OH excluding ortho intramolecular Hbond substituents is 6. The maximum atomic E-state index is 10.9. The van der Waals surface area contributed by atoms with E-state index in [1.165, 1.54) is 42.5 Å². The van der Waals surface area contributed by atoms with Crippen molar-refractivity contribution in [3.8, 4) is 46.8 Å². The van der Waals surface area contributed by atoms with Crippen molar-refractivity contribution in [2.75, 3.05) is 0 Å². The topological polar surface area (TPSA) is 202 Å². The SMILES string of the molecule is C#C/C(O)=C(O)\C=C/CC(C)(C(/C=C\C(=C)c1ccc(C(C)(c2ccc(O)c(O)c2O)C2C=CC(O)=C2O)cc1)=C/C)c1ccc(O)c(O)c1O. The number of allylic oxidation sites excluding steroid dienone is 10. The molecule has 0 saturated heterocycles. The molecule has 0 bridgehead atoms. The molecule has 10 nitrogen and oxygen atoms in total. The van der Waals surface area contributed by atoms with Gasteiger partial charge in [-0.3, -0.25) is 0 Å². The molecule has 51 heavy (non-hydrogen) atoms. The average Bonchev–Trinajstić information content (AvgIpc) is 3.46. The van der Waals surface area contributed by atoms with E-state index in [1.54, 1.807) is 69.3 Å². The van der Waals surface area contributed by atoms with Gasteiger partial charge < -0.3 is 51.1 Å². The van der Waals surface area contributed by atoms with Crippen LogP contribution in [0.5, 0.6) is 34.5 Å². The van der Waals surface area contributed by atoms with E-state index in [2.05, 4.69) is 6.58 Å². The smallest absolute Gasteiger partial charge is 0.209 e. The number of benzene rings is 3. The molecule has 10 heteroatoms. The van der Waals surface area contributed by atoms with Gasteiger partial charge in [0.1, 0.15) is 5.76 Å². The molecule has 3 aromatic rings. The number of aliphatic hydroxyl groups excluding tert-OH is 4. The number of terminal acetylenes is 1. The maximum Gasteiger partial charge on any atom is 0.209 e. The highest BCUT2D eigenvalue weighted by atomic mass is 16.3. The van der Waals surface area contributed by atoms with Crippen molar-refractivity contribution in [3.05, 3.63) is 149 Å². The number of aromatic hydroxyl groups is 6. The van der Waals surface area contributed by atoms with Crippen LogP contribution < -0.4 is 0 Å². The van der Waals surface area contributed by atoms with Crippen molar-refractivity contribution >= 4 is 5.57 Å². The Bertz CT molecular complexity index is 2090. The van der Waals surface area contributed by atoms with Crippen LogP contribution in [0, 0.1) is 18.3 Å². The molecule has 0 heterocycles. The molecule has 0 amide bonds. The highest BCUT2D eigenvalue weighted by Crippen LogP contribution is 2.52. The van der Waals surface area contributed by atoms with E-state index in [0.717, 1.165) is 0 Å². The summed E-state index contributed by atoms with van der Waals surface area (Å²) in [6.07, 6.45) is 16.2. The molecule has 3 unspecified atom stereocenters. The van der Waals surface area contributed by atoms with Gasteiger partial charge in [0.2, 0.25) is 17.3 Å². The summed E-state index contributed by atoms with van der Waals surface area (Å²) in [4.78, 5) is 0. The van der Waals surface area contributed by atoms with Gasteiger partial charge in [0.25, 0.3) is 0 Å². The molecule has 3 atom stereocenters. The quantitative estimate of drug-likeness (QED) is 0.0405. The van der Waals surface area contributed by atoms with Gasteiger partial charge in [0, 0.05) is 22.0 Å². The van der Waals surface area contributed by atoms with Gasteiger partial charge in [-0.25, -0.2) is 0 Å². The lowest BCUT2D eigenvalue weighted by atomic mass is 9.66. The first-order valence-electron chi connectivity index (χ1n) is 15.7. The molecule has 264 valence electrons.